The number of hydrogen-bond donors (Lipinski definition) is 0. The predicted octanol–water partition coefficient (Wildman–Crippen LogP) is 3.48. The lowest BCUT2D eigenvalue weighted by Crippen LogP contribution is -2.17. The molecule has 92 valence electrons. The van der Waals surface area contributed by atoms with Crippen molar-refractivity contribution in [2.45, 2.75) is 13.3 Å². The Morgan fingerprint density at radius 3 is 2.71 bits per heavy atom. The fourth-order valence-electron chi connectivity index (χ4n) is 1.38. The Kier molecular flexibility index (Phi) is 5.15. The topological polar surface area (TPSA) is 43.4 Å². The van der Waals surface area contributed by atoms with E-state index >= 15 is 0 Å². The SMILES string of the molecule is COC(=O)C(C)CC(=O)c1cc(Cl)ccc1Br. The van der Waals surface area contributed by atoms with Crippen molar-refractivity contribution in [1.82, 2.24) is 0 Å². The Morgan fingerprint density at radius 1 is 1.47 bits per heavy atom. The monoisotopic (exact) mass is 318 g/mol. The van der Waals surface area contributed by atoms with Crippen LogP contribution in [0, 0.1) is 5.92 Å². The van der Waals surface area contributed by atoms with E-state index < -0.39 is 11.9 Å². The van der Waals surface area contributed by atoms with Gasteiger partial charge >= 0.3 is 5.97 Å². The number of carbonyl (C=O) groups excluding carboxylic acids is 2. The number of Topliss-reactive ketones (excluding diaryl/α,β-unsaturated/α-hetero) is 1. The summed E-state index contributed by atoms with van der Waals surface area (Å²) < 4.78 is 5.24. The average Bonchev–Trinajstić information content (AvgIpc) is 2.30. The number of carbonyl (C=O) groups is 2. The summed E-state index contributed by atoms with van der Waals surface area (Å²) in [6.45, 7) is 1.65. The molecule has 0 bridgehead atoms. The van der Waals surface area contributed by atoms with Crippen LogP contribution >= 0.6 is 27.5 Å². The van der Waals surface area contributed by atoms with Crippen LogP contribution in [0.3, 0.4) is 0 Å². The Morgan fingerprint density at radius 2 is 2.12 bits per heavy atom. The van der Waals surface area contributed by atoms with Crippen LogP contribution in [0.2, 0.25) is 5.02 Å². The van der Waals surface area contributed by atoms with E-state index in [0.29, 0.717) is 15.1 Å². The lowest BCUT2D eigenvalue weighted by Gasteiger charge is -2.09. The molecular formula is C12H12BrClO3. The van der Waals surface area contributed by atoms with Gasteiger partial charge in [0.25, 0.3) is 0 Å². The third kappa shape index (κ3) is 3.82. The summed E-state index contributed by atoms with van der Waals surface area (Å²) in [4.78, 5) is 23.2. The fourth-order valence-corrected chi connectivity index (χ4v) is 2.02. The maximum atomic E-state index is 12.0. The van der Waals surface area contributed by atoms with E-state index in [-0.39, 0.29) is 12.2 Å². The van der Waals surface area contributed by atoms with E-state index in [0.717, 1.165) is 0 Å². The molecule has 3 nitrogen and oxygen atoms in total. The van der Waals surface area contributed by atoms with Gasteiger partial charge in [-0.2, -0.15) is 0 Å². The summed E-state index contributed by atoms with van der Waals surface area (Å²) >= 11 is 9.10. The van der Waals surface area contributed by atoms with E-state index in [4.69, 9.17) is 11.6 Å². The molecule has 0 aliphatic carbocycles. The molecule has 1 rings (SSSR count). The number of esters is 1. The van der Waals surface area contributed by atoms with Gasteiger partial charge in [0.05, 0.1) is 13.0 Å². The zero-order valence-corrected chi connectivity index (χ0v) is 11.8. The predicted molar refractivity (Wildman–Crippen MR) is 69.3 cm³/mol. The van der Waals surface area contributed by atoms with Crippen molar-refractivity contribution >= 4 is 39.3 Å². The first-order valence-electron chi connectivity index (χ1n) is 5.01. The van der Waals surface area contributed by atoms with E-state index in [2.05, 4.69) is 20.7 Å². The summed E-state index contributed by atoms with van der Waals surface area (Å²) in [6.07, 6.45) is 0.103. The van der Waals surface area contributed by atoms with Crippen molar-refractivity contribution < 1.29 is 14.3 Å². The molecule has 1 aromatic rings. The van der Waals surface area contributed by atoms with Gasteiger partial charge in [0.15, 0.2) is 5.78 Å². The van der Waals surface area contributed by atoms with E-state index in [1.54, 1.807) is 25.1 Å². The molecule has 0 amide bonds. The molecule has 0 fully saturated rings. The minimum absolute atomic E-state index is 0.103. The number of benzene rings is 1. The van der Waals surface area contributed by atoms with Gasteiger partial charge in [0.2, 0.25) is 0 Å². The normalized spacial score (nSPS) is 12.0. The molecule has 0 heterocycles. The number of ketones is 1. The minimum atomic E-state index is -0.460. The Bertz CT molecular complexity index is 445. The number of ether oxygens (including phenoxy) is 1. The van der Waals surface area contributed by atoms with Gasteiger partial charge < -0.3 is 4.74 Å². The number of hydrogen-bond acceptors (Lipinski definition) is 3. The van der Waals surface area contributed by atoms with Crippen LogP contribution in [0.5, 0.6) is 0 Å². The molecule has 0 aromatic heterocycles. The zero-order chi connectivity index (χ0) is 13.0. The molecule has 0 saturated carbocycles. The molecule has 0 saturated heterocycles. The maximum absolute atomic E-state index is 12.0. The van der Waals surface area contributed by atoms with Crippen molar-refractivity contribution in [3.8, 4) is 0 Å². The van der Waals surface area contributed by atoms with Gasteiger partial charge in [0, 0.05) is 21.5 Å². The third-order valence-corrected chi connectivity index (χ3v) is 3.25. The van der Waals surface area contributed by atoms with Crippen LogP contribution in [-0.4, -0.2) is 18.9 Å². The van der Waals surface area contributed by atoms with Crippen molar-refractivity contribution in [2.24, 2.45) is 5.92 Å². The molecule has 0 aliphatic heterocycles. The molecule has 0 spiro atoms. The van der Waals surface area contributed by atoms with Crippen molar-refractivity contribution in [3.63, 3.8) is 0 Å². The molecule has 5 heteroatoms. The first-order chi connectivity index (χ1) is 7.95. The van der Waals surface area contributed by atoms with Crippen molar-refractivity contribution in [1.29, 1.82) is 0 Å². The van der Waals surface area contributed by atoms with Crippen molar-refractivity contribution in [2.75, 3.05) is 7.11 Å². The second kappa shape index (κ2) is 6.17. The first kappa shape index (κ1) is 14.2. The molecule has 17 heavy (non-hydrogen) atoms. The summed E-state index contributed by atoms with van der Waals surface area (Å²) in [5.74, 6) is -0.993. The zero-order valence-electron chi connectivity index (χ0n) is 9.50. The van der Waals surface area contributed by atoms with Gasteiger partial charge in [-0.1, -0.05) is 34.5 Å². The van der Waals surface area contributed by atoms with E-state index in [1.807, 2.05) is 0 Å². The molecule has 1 atom stereocenters. The van der Waals surface area contributed by atoms with Gasteiger partial charge in [0.1, 0.15) is 0 Å². The second-order valence-corrected chi connectivity index (χ2v) is 4.97. The van der Waals surface area contributed by atoms with Gasteiger partial charge in [-0.05, 0) is 18.2 Å². The summed E-state index contributed by atoms with van der Waals surface area (Å²) in [5.41, 5.74) is 0.480. The van der Waals surface area contributed by atoms with E-state index in [1.165, 1.54) is 7.11 Å². The molecular weight excluding hydrogens is 307 g/mol. The number of rotatable bonds is 4. The number of methoxy groups -OCH3 is 1. The third-order valence-electron chi connectivity index (χ3n) is 2.32. The second-order valence-electron chi connectivity index (χ2n) is 3.68. The summed E-state index contributed by atoms with van der Waals surface area (Å²) in [7, 11) is 1.30. The molecule has 1 aromatic carbocycles. The maximum Gasteiger partial charge on any atom is 0.308 e. The van der Waals surface area contributed by atoms with Crippen LogP contribution in [0.25, 0.3) is 0 Å². The molecule has 1 unspecified atom stereocenters. The quantitative estimate of drug-likeness (QED) is 0.630. The molecule has 0 N–H and O–H groups in total. The summed E-state index contributed by atoms with van der Waals surface area (Å²) in [6, 6.07) is 4.97. The smallest absolute Gasteiger partial charge is 0.308 e. The first-order valence-corrected chi connectivity index (χ1v) is 6.19. The van der Waals surface area contributed by atoms with Gasteiger partial charge in [-0.3, -0.25) is 9.59 Å². The number of halogens is 2. The lowest BCUT2D eigenvalue weighted by molar-refractivity contribution is -0.144. The van der Waals surface area contributed by atoms with Crippen LogP contribution in [-0.2, 0) is 9.53 Å². The Balaban J connectivity index is 2.83. The van der Waals surface area contributed by atoms with Crippen LogP contribution in [0.15, 0.2) is 22.7 Å². The Labute approximate surface area is 113 Å². The highest BCUT2D eigenvalue weighted by Crippen LogP contribution is 2.23. The van der Waals surface area contributed by atoms with E-state index in [9.17, 15) is 9.59 Å². The highest BCUT2D eigenvalue weighted by atomic mass is 79.9. The van der Waals surface area contributed by atoms with Gasteiger partial charge in [-0.15, -0.1) is 0 Å². The average molecular weight is 320 g/mol. The fraction of sp³-hybridized carbons (Fsp3) is 0.333. The highest BCUT2D eigenvalue weighted by molar-refractivity contribution is 9.10. The largest absolute Gasteiger partial charge is 0.469 e. The molecule has 0 aliphatic rings. The van der Waals surface area contributed by atoms with Gasteiger partial charge in [-0.25, -0.2) is 0 Å². The van der Waals surface area contributed by atoms with Crippen molar-refractivity contribution in [3.05, 3.63) is 33.3 Å². The summed E-state index contributed by atoms with van der Waals surface area (Å²) in [5, 5.41) is 0.488. The molecule has 0 radical (unpaired) electrons. The van der Waals surface area contributed by atoms with Crippen LogP contribution in [0.1, 0.15) is 23.7 Å². The lowest BCUT2D eigenvalue weighted by atomic mass is 10.00. The Hall–Kier alpha value is -0.870. The van der Waals surface area contributed by atoms with Crippen LogP contribution < -0.4 is 0 Å². The standard InChI is InChI=1S/C12H12BrClO3/c1-7(12(16)17-2)5-11(15)9-6-8(14)3-4-10(9)13/h3-4,6-7H,5H2,1-2H3. The minimum Gasteiger partial charge on any atom is -0.469 e. The highest BCUT2D eigenvalue weighted by Gasteiger charge is 2.20. The van der Waals surface area contributed by atoms with Crippen LogP contribution in [0.4, 0.5) is 0 Å².